The van der Waals surface area contributed by atoms with Crippen molar-refractivity contribution in [3.8, 4) is 23.3 Å². The molecule has 0 radical (unpaired) electrons. The van der Waals surface area contributed by atoms with Crippen molar-refractivity contribution in [1.82, 2.24) is 24.8 Å². The zero-order chi connectivity index (χ0) is 32.8. The van der Waals surface area contributed by atoms with Gasteiger partial charge in [0.2, 0.25) is 0 Å². The number of carbonyl (C=O) groups is 1. The van der Waals surface area contributed by atoms with Crippen molar-refractivity contribution in [2.24, 2.45) is 0 Å². The summed E-state index contributed by atoms with van der Waals surface area (Å²) in [5, 5.41) is 10.6. The van der Waals surface area contributed by atoms with Crippen molar-refractivity contribution in [2.45, 2.75) is 50.2 Å². The molecule has 0 spiro atoms. The first-order valence-corrected chi connectivity index (χ1v) is 16.0. The van der Waals surface area contributed by atoms with E-state index in [2.05, 4.69) is 27.5 Å². The van der Waals surface area contributed by atoms with Crippen LogP contribution in [-0.4, -0.2) is 81.6 Å². The van der Waals surface area contributed by atoms with Crippen molar-refractivity contribution < 1.29 is 22.7 Å². The van der Waals surface area contributed by atoms with E-state index in [-0.39, 0.29) is 59.7 Å². The van der Waals surface area contributed by atoms with Crippen LogP contribution in [0.5, 0.6) is 6.01 Å². The number of hydrogen-bond acceptors (Lipinski definition) is 8. The summed E-state index contributed by atoms with van der Waals surface area (Å²) in [7, 11) is 0. The topological polar surface area (TPSA) is 98.5 Å². The lowest BCUT2D eigenvalue weighted by Crippen LogP contribution is -2.55. The predicted octanol–water partition coefficient (Wildman–Crippen LogP) is 6.20. The molecule has 0 bridgehead atoms. The molecule has 9 nitrogen and oxygen atoms in total. The first-order valence-electron chi connectivity index (χ1n) is 15.6. The highest BCUT2D eigenvalue weighted by Crippen LogP contribution is 2.39. The van der Waals surface area contributed by atoms with Gasteiger partial charge in [-0.3, -0.25) is 14.7 Å². The Hall–Kier alpha value is -4.47. The average molecular weight is 662 g/mol. The third-order valence-electron chi connectivity index (χ3n) is 9.28. The maximum atomic E-state index is 16.7. The zero-order valence-electron chi connectivity index (χ0n) is 25.4. The number of piperazine rings is 1. The lowest BCUT2D eigenvalue weighted by molar-refractivity contribution is -0.131. The fraction of sp³-hybridized carbons (Fsp3) is 0.382. The number of hydrogen-bond donors (Lipinski definition) is 0. The lowest BCUT2D eigenvalue weighted by Gasteiger charge is -2.41. The normalized spacial score (nSPS) is 20.1. The Balaban J connectivity index is 1.31. The maximum absolute atomic E-state index is 16.7. The van der Waals surface area contributed by atoms with E-state index in [4.69, 9.17) is 21.3 Å². The van der Waals surface area contributed by atoms with Crippen LogP contribution in [0.25, 0.3) is 32.9 Å². The Morgan fingerprint density at radius 2 is 1.94 bits per heavy atom. The largest absolute Gasteiger partial charge is 0.462 e. The molecule has 47 heavy (non-hydrogen) atoms. The molecule has 13 heteroatoms. The van der Waals surface area contributed by atoms with Crippen molar-refractivity contribution in [1.29, 1.82) is 5.26 Å². The Morgan fingerprint density at radius 1 is 1.11 bits per heavy atom. The van der Waals surface area contributed by atoms with Gasteiger partial charge in [0.05, 0.1) is 28.9 Å². The van der Waals surface area contributed by atoms with E-state index in [0.717, 1.165) is 19.4 Å². The van der Waals surface area contributed by atoms with Gasteiger partial charge in [-0.15, -0.1) is 0 Å². The molecule has 4 heterocycles. The van der Waals surface area contributed by atoms with Crippen LogP contribution in [-0.2, 0) is 4.79 Å². The summed E-state index contributed by atoms with van der Waals surface area (Å²) in [6.07, 6.45) is 5.78. The van der Waals surface area contributed by atoms with Gasteiger partial charge in [0, 0.05) is 48.9 Å². The van der Waals surface area contributed by atoms with Crippen LogP contribution in [0.3, 0.4) is 0 Å². The fourth-order valence-electron chi connectivity index (χ4n) is 6.87. The minimum absolute atomic E-state index is 0.0272. The van der Waals surface area contributed by atoms with Crippen LogP contribution >= 0.6 is 11.6 Å². The highest BCUT2D eigenvalue weighted by molar-refractivity contribution is 6.36. The summed E-state index contributed by atoms with van der Waals surface area (Å²) < 4.78 is 51.3. The number of benzene rings is 2. The standard InChI is InChI=1S/C34H31ClF3N7O2/c1-19(36)33(46)45-15-14-43(17-22(45)11-12-39)32-25-16-40-30(24-6-2-4-20-7-10-26(37)28(35)27(20)24)29(38)31(25)41-34(42-32)47-18-23-5-3-13-44(23)21-8-9-21/h2,4,6-7,10,16,21-23H,1,3,5,8-9,11,13-15,17-18H2/t22-,23-/m0/s1. The van der Waals surface area contributed by atoms with Gasteiger partial charge >= 0.3 is 6.01 Å². The number of ether oxygens (including phenoxy) is 1. The van der Waals surface area contributed by atoms with Gasteiger partial charge in [-0.05, 0) is 43.7 Å². The summed E-state index contributed by atoms with van der Waals surface area (Å²) in [5.74, 6) is -3.07. The molecule has 2 aromatic heterocycles. The molecule has 2 aliphatic heterocycles. The molecule has 1 amide bonds. The SMILES string of the molecule is C=C(F)C(=O)N1CCN(c2nc(OC[C@@H]3CCCN3C3CC3)nc3c(F)c(-c4cccc5ccc(F)c(Cl)c45)ncc23)C[C@@H]1CC#N. The second kappa shape index (κ2) is 12.6. The molecule has 242 valence electrons. The maximum Gasteiger partial charge on any atom is 0.319 e. The highest BCUT2D eigenvalue weighted by Gasteiger charge is 2.38. The van der Waals surface area contributed by atoms with E-state index in [0.29, 0.717) is 34.8 Å². The van der Waals surface area contributed by atoms with Crippen LogP contribution in [0.1, 0.15) is 32.1 Å². The third kappa shape index (κ3) is 5.83. The van der Waals surface area contributed by atoms with Crippen molar-refractivity contribution in [3.63, 3.8) is 0 Å². The monoisotopic (exact) mass is 661 g/mol. The summed E-state index contributed by atoms with van der Waals surface area (Å²) >= 11 is 6.38. The van der Waals surface area contributed by atoms with Gasteiger partial charge in [-0.2, -0.15) is 15.2 Å². The van der Waals surface area contributed by atoms with Crippen LogP contribution in [0.15, 0.2) is 48.9 Å². The Bertz CT molecular complexity index is 1950. The third-order valence-corrected chi connectivity index (χ3v) is 9.65. The molecule has 2 aromatic carbocycles. The van der Waals surface area contributed by atoms with Crippen molar-refractivity contribution in [2.75, 3.05) is 37.7 Å². The van der Waals surface area contributed by atoms with Gasteiger partial charge in [-0.25, -0.2) is 13.2 Å². The summed E-state index contributed by atoms with van der Waals surface area (Å²) in [5.41, 5.74) is 0.173. The zero-order valence-corrected chi connectivity index (χ0v) is 26.2. The van der Waals surface area contributed by atoms with Crippen molar-refractivity contribution in [3.05, 3.63) is 65.6 Å². The number of pyridine rings is 1. The van der Waals surface area contributed by atoms with E-state index in [1.165, 1.54) is 30.0 Å². The number of carbonyl (C=O) groups excluding carboxylic acids is 1. The number of likely N-dealkylation sites (tertiary alicyclic amines) is 1. The van der Waals surface area contributed by atoms with Crippen LogP contribution in [0.4, 0.5) is 19.0 Å². The van der Waals surface area contributed by atoms with E-state index in [1.54, 1.807) is 29.2 Å². The Labute approximate surface area is 274 Å². The van der Waals surface area contributed by atoms with Gasteiger partial charge in [0.25, 0.3) is 5.91 Å². The van der Waals surface area contributed by atoms with E-state index < -0.39 is 29.4 Å². The number of fused-ring (bicyclic) bond motifs is 2. The Morgan fingerprint density at radius 3 is 2.70 bits per heavy atom. The molecule has 1 saturated carbocycles. The van der Waals surface area contributed by atoms with Gasteiger partial charge in [0.15, 0.2) is 11.6 Å². The fourth-order valence-corrected chi connectivity index (χ4v) is 7.14. The summed E-state index contributed by atoms with van der Waals surface area (Å²) in [4.78, 5) is 31.8. The Kier molecular flexibility index (Phi) is 8.36. The number of anilines is 1. The molecule has 3 fully saturated rings. The van der Waals surface area contributed by atoms with Crippen molar-refractivity contribution >= 4 is 45.0 Å². The van der Waals surface area contributed by atoms with E-state index in [9.17, 15) is 18.8 Å². The predicted molar refractivity (Wildman–Crippen MR) is 172 cm³/mol. The van der Waals surface area contributed by atoms with Crippen LogP contribution < -0.4 is 9.64 Å². The molecule has 2 atom stereocenters. The minimum atomic E-state index is -1.11. The average Bonchev–Trinajstić information content (AvgIpc) is 3.81. The van der Waals surface area contributed by atoms with E-state index in [1.807, 2.05) is 0 Å². The highest BCUT2D eigenvalue weighted by atomic mass is 35.5. The number of amides is 1. The minimum Gasteiger partial charge on any atom is -0.462 e. The van der Waals surface area contributed by atoms with Gasteiger partial charge in [0.1, 0.15) is 29.5 Å². The second-order valence-electron chi connectivity index (χ2n) is 12.2. The van der Waals surface area contributed by atoms with Crippen LogP contribution in [0, 0.1) is 23.0 Å². The smallest absolute Gasteiger partial charge is 0.319 e. The molecular formula is C34H31ClF3N7O2. The molecule has 0 unspecified atom stereocenters. The molecule has 1 aliphatic carbocycles. The molecule has 7 rings (SSSR count). The molecule has 4 aromatic rings. The number of nitriles is 1. The summed E-state index contributed by atoms with van der Waals surface area (Å²) in [6.45, 7) is 4.89. The first-order chi connectivity index (χ1) is 22.7. The second-order valence-corrected chi connectivity index (χ2v) is 12.6. The quantitative estimate of drug-likeness (QED) is 0.206. The summed E-state index contributed by atoms with van der Waals surface area (Å²) in [6, 6.07) is 10.0. The molecule has 3 aliphatic rings. The number of aromatic nitrogens is 3. The molecule has 0 N–H and O–H groups in total. The van der Waals surface area contributed by atoms with Crippen LogP contribution in [0.2, 0.25) is 5.02 Å². The van der Waals surface area contributed by atoms with Gasteiger partial charge < -0.3 is 14.5 Å². The molecule has 2 saturated heterocycles. The molecular weight excluding hydrogens is 631 g/mol. The first kappa shape index (κ1) is 31.1. The van der Waals surface area contributed by atoms with E-state index >= 15 is 4.39 Å². The number of nitrogens with zero attached hydrogens (tertiary/aromatic N) is 7. The lowest BCUT2D eigenvalue weighted by atomic mass is 10.0. The van der Waals surface area contributed by atoms with Gasteiger partial charge in [-0.1, -0.05) is 42.4 Å². The number of rotatable bonds is 8. The number of halogens is 4.